The minimum Gasteiger partial charge on any atom is -0.369 e. The molecule has 96 valence electrons. The largest absolute Gasteiger partial charge is 0.369 e. The van der Waals surface area contributed by atoms with Gasteiger partial charge in [-0.05, 0) is 30.1 Å². The summed E-state index contributed by atoms with van der Waals surface area (Å²) in [6, 6.07) is 5.16. The van der Waals surface area contributed by atoms with Crippen molar-refractivity contribution in [1.29, 1.82) is 0 Å². The highest BCUT2D eigenvalue weighted by Crippen LogP contribution is 2.11. The van der Waals surface area contributed by atoms with Gasteiger partial charge in [0.2, 0.25) is 5.96 Å². The van der Waals surface area contributed by atoms with Gasteiger partial charge in [0.25, 0.3) is 5.91 Å². The Morgan fingerprint density at radius 1 is 1.56 bits per heavy atom. The lowest BCUT2D eigenvalue weighted by Crippen LogP contribution is -2.36. The summed E-state index contributed by atoms with van der Waals surface area (Å²) in [5.74, 6) is -0.205. The molecule has 4 N–H and O–H groups in total. The molecule has 0 unspecified atom stereocenters. The van der Waals surface area contributed by atoms with Crippen molar-refractivity contribution >= 4 is 47.3 Å². The summed E-state index contributed by atoms with van der Waals surface area (Å²) < 4.78 is 3.80. The van der Waals surface area contributed by atoms with Crippen LogP contribution in [0.2, 0.25) is 0 Å². The first kappa shape index (κ1) is 14.3. The van der Waals surface area contributed by atoms with Crippen molar-refractivity contribution in [2.45, 2.75) is 0 Å². The Morgan fingerprint density at radius 3 is 3.06 bits per heavy atom. The predicted octanol–water partition coefficient (Wildman–Crippen LogP) is 1.31. The van der Waals surface area contributed by atoms with E-state index < -0.39 is 0 Å². The minimum atomic E-state index is -0.295. The first-order valence-electron chi connectivity index (χ1n) is 4.82. The van der Waals surface area contributed by atoms with Crippen molar-refractivity contribution in [2.75, 3.05) is 6.26 Å². The smallest absolute Gasteiger partial charge is 0.258 e. The molecule has 2 rings (SSSR count). The van der Waals surface area contributed by atoms with Gasteiger partial charge in [0.1, 0.15) is 0 Å². The van der Waals surface area contributed by atoms with E-state index in [1.807, 2.05) is 0 Å². The van der Waals surface area contributed by atoms with E-state index in [4.69, 9.17) is 5.73 Å². The Labute approximate surface area is 114 Å². The second kappa shape index (κ2) is 6.27. The highest BCUT2D eigenvalue weighted by molar-refractivity contribution is 7.97. The van der Waals surface area contributed by atoms with Crippen molar-refractivity contribution in [3.63, 3.8) is 0 Å². The molecule has 0 spiro atoms. The summed E-state index contributed by atoms with van der Waals surface area (Å²) in [5.41, 5.74) is 7.61. The van der Waals surface area contributed by atoms with Crippen LogP contribution in [0.4, 0.5) is 0 Å². The number of benzene rings is 1. The van der Waals surface area contributed by atoms with Gasteiger partial charge in [-0.25, -0.2) is 4.98 Å². The van der Waals surface area contributed by atoms with Crippen LogP contribution >= 0.6 is 24.4 Å². The molecule has 0 fully saturated rings. The van der Waals surface area contributed by atoms with Crippen LogP contribution in [0.3, 0.4) is 0 Å². The topological polar surface area (TPSA) is 96.2 Å². The van der Waals surface area contributed by atoms with Crippen LogP contribution in [0.25, 0.3) is 11.0 Å². The standard InChI is InChI=1S/C10H11N5OS.ClH/c1-17-15-10(11)14-9(16)6-2-3-7-8(4-6)13-5-12-7;/h2-5H,1H3,(H,12,13)(H3,11,14,15,16);1H. The molecular weight excluding hydrogens is 274 g/mol. The molecule has 0 aliphatic heterocycles. The Kier molecular flexibility index (Phi) is 4.99. The number of halogens is 1. The fourth-order valence-electron chi connectivity index (χ4n) is 1.39. The maximum Gasteiger partial charge on any atom is 0.258 e. The van der Waals surface area contributed by atoms with Gasteiger partial charge in [-0.2, -0.15) is 4.40 Å². The second-order valence-corrected chi connectivity index (χ2v) is 3.80. The van der Waals surface area contributed by atoms with E-state index in [0.29, 0.717) is 5.56 Å². The van der Waals surface area contributed by atoms with E-state index in [0.717, 1.165) is 11.0 Å². The molecule has 0 aliphatic rings. The molecule has 6 nitrogen and oxygen atoms in total. The molecule has 0 radical (unpaired) electrons. The molecule has 1 heterocycles. The van der Waals surface area contributed by atoms with Crippen molar-refractivity contribution in [1.82, 2.24) is 15.3 Å². The number of hydrogen-bond acceptors (Lipinski definition) is 4. The Hall–Kier alpha value is -1.73. The van der Waals surface area contributed by atoms with Crippen LogP contribution in [0.5, 0.6) is 0 Å². The van der Waals surface area contributed by atoms with Crippen molar-refractivity contribution in [3.8, 4) is 0 Å². The molecule has 2 aromatic rings. The number of nitrogens with zero attached hydrogens (tertiary/aromatic N) is 2. The van der Waals surface area contributed by atoms with Gasteiger partial charge in [-0.15, -0.1) is 12.4 Å². The van der Waals surface area contributed by atoms with Crippen LogP contribution in [0.1, 0.15) is 10.4 Å². The zero-order valence-electron chi connectivity index (χ0n) is 9.51. The highest BCUT2D eigenvalue weighted by Gasteiger charge is 2.08. The number of guanidine groups is 1. The monoisotopic (exact) mass is 285 g/mol. The van der Waals surface area contributed by atoms with Gasteiger partial charge in [0.05, 0.1) is 17.4 Å². The number of fused-ring (bicyclic) bond motifs is 1. The van der Waals surface area contributed by atoms with E-state index in [1.165, 1.54) is 11.9 Å². The summed E-state index contributed by atoms with van der Waals surface area (Å²) in [4.78, 5) is 18.8. The van der Waals surface area contributed by atoms with Gasteiger partial charge in [0.15, 0.2) is 0 Å². The first-order chi connectivity index (χ1) is 8.20. The number of amides is 1. The summed E-state index contributed by atoms with van der Waals surface area (Å²) in [6.07, 6.45) is 3.34. The molecular formula is C10H12ClN5OS. The lowest BCUT2D eigenvalue weighted by molar-refractivity contribution is 0.0977. The van der Waals surface area contributed by atoms with E-state index in [9.17, 15) is 4.79 Å². The second-order valence-electron chi connectivity index (χ2n) is 3.25. The van der Waals surface area contributed by atoms with Crippen LogP contribution in [-0.2, 0) is 0 Å². The van der Waals surface area contributed by atoms with Crippen LogP contribution in [0.15, 0.2) is 28.9 Å². The maximum atomic E-state index is 11.8. The highest BCUT2D eigenvalue weighted by atomic mass is 35.5. The van der Waals surface area contributed by atoms with E-state index in [2.05, 4.69) is 19.7 Å². The normalized spacial score (nSPS) is 11.1. The van der Waals surface area contributed by atoms with Crippen LogP contribution < -0.4 is 11.1 Å². The van der Waals surface area contributed by atoms with Gasteiger partial charge in [0, 0.05) is 11.8 Å². The van der Waals surface area contributed by atoms with Gasteiger partial charge in [-0.3, -0.25) is 10.1 Å². The third kappa shape index (κ3) is 3.14. The molecule has 1 amide bonds. The summed E-state index contributed by atoms with van der Waals surface area (Å²) in [6.45, 7) is 0. The number of imidazole rings is 1. The van der Waals surface area contributed by atoms with E-state index in [-0.39, 0.29) is 24.3 Å². The Bertz CT molecular complexity index is 582. The minimum absolute atomic E-state index is 0. The fraction of sp³-hybridized carbons (Fsp3) is 0.100. The molecule has 0 saturated heterocycles. The molecule has 0 atom stereocenters. The SMILES string of the molecule is CSN=C(N)NC(=O)c1ccc2nc[nH]c2c1.Cl. The number of aromatic nitrogens is 2. The van der Waals surface area contributed by atoms with Gasteiger partial charge < -0.3 is 10.7 Å². The average molecular weight is 286 g/mol. The summed E-state index contributed by atoms with van der Waals surface area (Å²) in [5, 5.41) is 2.49. The maximum absolute atomic E-state index is 11.8. The number of carbonyl (C=O) groups excluding carboxylic acids is 1. The number of hydrogen-bond donors (Lipinski definition) is 3. The van der Waals surface area contributed by atoms with Crippen molar-refractivity contribution in [3.05, 3.63) is 30.1 Å². The number of aromatic amines is 1. The third-order valence-electron chi connectivity index (χ3n) is 2.11. The van der Waals surface area contributed by atoms with Gasteiger partial charge >= 0.3 is 0 Å². The number of H-pyrrole nitrogens is 1. The molecule has 0 aliphatic carbocycles. The Balaban J connectivity index is 0.00000162. The molecule has 0 saturated carbocycles. The predicted molar refractivity (Wildman–Crippen MR) is 75.9 cm³/mol. The zero-order chi connectivity index (χ0) is 12.3. The number of rotatable bonds is 2. The Morgan fingerprint density at radius 2 is 2.33 bits per heavy atom. The van der Waals surface area contributed by atoms with Crippen molar-refractivity contribution in [2.24, 2.45) is 10.1 Å². The average Bonchev–Trinajstić information content (AvgIpc) is 2.75. The van der Waals surface area contributed by atoms with E-state index in [1.54, 1.807) is 30.8 Å². The molecule has 8 heteroatoms. The lowest BCUT2D eigenvalue weighted by Gasteiger charge is -2.03. The summed E-state index contributed by atoms with van der Waals surface area (Å²) >= 11 is 1.18. The number of nitrogens with one attached hydrogen (secondary N) is 2. The quantitative estimate of drug-likeness (QED) is 0.440. The third-order valence-corrected chi connectivity index (χ3v) is 2.49. The summed E-state index contributed by atoms with van der Waals surface area (Å²) in [7, 11) is 0. The van der Waals surface area contributed by atoms with Crippen LogP contribution in [-0.4, -0.2) is 28.1 Å². The molecule has 18 heavy (non-hydrogen) atoms. The zero-order valence-corrected chi connectivity index (χ0v) is 11.1. The molecule has 1 aromatic heterocycles. The van der Waals surface area contributed by atoms with Crippen LogP contribution in [0, 0.1) is 0 Å². The van der Waals surface area contributed by atoms with E-state index >= 15 is 0 Å². The number of carbonyl (C=O) groups is 1. The van der Waals surface area contributed by atoms with Crippen molar-refractivity contribution < 1.29 is 4.79 Å². The first-order valence-corrected chi connectivity index (χ1v) is 6.00. The van der Waals surface area contributed by atoms with Gasteiger partial charge in [-0.1, -0.05) is 0 Å². The lowest BCUT2D eigenvalue weighted by atomic mass is 10.2. The molecule has 1 aromatic carbocycles. The molecule has 0 bridgehead atoms. The number of nitrogens with two attached hydrogens (primary N) is 1. The fourth-order valence-corrected chi connectivity index (χ4v) is 1.63.